The third-order valence-electron chi connectivity index (χ3n) is 8.17. The minimum Gasteiger partial charge on any atom is -0.340 e. The maximum absolute atomic E-state index is 13.6. The van der Waals surface area contributed by atoms with Crippen molar-refractivity contribution in [3.8, 4) is 0 Å². The first-order chi connectivity index (χ1) is 18.9. The molecule has 3 heterocycles. The number of aryl methyl sites for hydroxylation is 1. The highest BCUT2D eigenvalue weighted by atomic mass is 32.1. The van der Waals surface area contributed by atoms with E-state index in [0.29, 0.717) is 6.54 Å². The maximum Gasteiger partial charge on any atom is 0.269 e. The molecule has 5 aromatic rings. The van der Waals surface area contributed by atoms with Gasteiger partial charge in [-0.1, -0.05) is 49.4 Å². The highest BCUT2D eigenvalue weighted by molar-refractivity contribution is 7.07. The molecule has 0 saturated carbocycles. The van der Waals surface area contributed by atoms with Crippen LogP contribution >= 0.6 is 11.3 Å². The number of benzene rings is 3. The van der Waals surface area contributed by atoms with E-state index in [1.54, 1.807) is 11.3 Å². The van der Waals surface area contributed by atoms with E-state index in [9.17, 15) is 4.79 Å². The van der Waals surface area contributed by atoms with Gasteiger partial charge < -0.3 is 4.57 Å². The predicted octanol–water partition coefficient (Wildman–Crippen LogP) is 6.15. The lowest BCUT2D eigenvalue weighted by molar-refractivity contribution is -0.432. The first-order valence-corrected chi connectivity index (χ1v) is 14.9. The molecule has 5 heteroatoms. The fourth-order valence-corrected chi connectivity index (χ4v) is 7.39. The topological polar surface area (TPSA) is 29.9 Å². The molecule has 6 rings (SSSR count). The van der Waals surface area contributed by atoms with Gasteiger partial charge >= 0.3 is 0 Å². The van der Waals surface area contributed by atoms with Gasteiger partial charge in [0.05, 0.1) is 9.95 Å². The average Bonchev–Trinajstić information content (AvgIpc) is 3.49. The number of rotatable bonds is 6. The Labute approximate surface area is 233 Å². The standard InChI is InChI=1S/C34H36N3OS/c1-6-19-37-27-15-11-9-13-24(27)25-20-23(17-18-28(25)37)21-30-33(38)36(8-3)32(39-30)22-31-34(4,5)26-14-10-12-16-29(26)35(31)7-2/h9-18,20-22H,6-8,19H2,1-5H3/q+1/b30-21+. The number of fused-ring (bicyclic) bond motifs is 4. The molecule has 0 radical (unpaired) electrons. The van der Waals surface area contributed by atoms with Crippen LogP contribution in [0.4, 0.5) is 5.69 Å². The second-order valence-electron chi connectivity index (χ2n) is 10.9. The molecule has 0 saturated heterocycles. The summed E-state index contributed by atoms with van der Waals surface area (Å²) in [4.78, 5) is 13.6. The zero-order valence-corrected chi connectivity index (χ0v) is 24.3. The van der Waals surface area contributed by atoms with Crippen LogP contribution in [-0.2, 0) is 18.5 Å². The zero-order valence-electron chi connectivity index (χ0n) is 23.5. The molecule has 0 fully saturated rings. The molecule has 2 aromatic heterocycles. The molecule has 198 valence electrons. The van der Waals surface area contributed by atoms with E-state index in [0.717, 1.165) is 34.3 Å². The van der Waals surface area contributed by atoms with E-state index in [1.165, 1.54) is 38.8 Å². The first-order valence-electron chi connectivity index (χ1n) is 14.1. The van der Waals surface area contributed by atoms with Crippen molar-refractivity contribution in [2.24, 2.45) is 0 Å². The quantitative estimate of drug-likeness (QED) is 0.240. The van der Waals surface area contributed by atoms with Crippen molar-refractivity contribution in [1.29, 1.82) is 0 Å². The number of aromatic nitrogens is 2. The van der Waals surface area contributed by atoms with Crippen LogP contribution in [0.3, 0.4) is 0 Å². The molecule has 0 amide bonds. The fourth-order valence-electron chi connectivity index (χ4n) is 6.28. The molecule has 0 unspecified atom stereocenters. The minimum atomic E-state index is -0.132. The van der Waals surface area contributed by atoms with Gasteiger partial charge in [-0.2, -0.15) is 4.58 Å². The van der Waals surface area contributed by atoms with Crippen LogP contribution in [-0.4, -0.2) is 26.0 Å². The summed E-state index contributed by atoms with van der Waals surface area (Å²) < 4.78 is 8.50. The van der Waals surface area contributed by atoms with Gasteiger partial charge in [0, 0.05) is 52.6 Å². The molecule has 1 aliphatic heterocycles. The SMILES string of the molecule is CCCn1c2ccccc2c2cc(/C=c3/s/c(=C\C4=[N+](CC)c5ccccc5C4(C)C)n(CC)c3=O)ccc21. The Bertz CT molecular complexity index is 1950. The van der Waals surface area contributed by atoms with Crippen molar-refractivity contribution >= 4 is 56.7 Å². The van der Waals surface area contributed by atoms with Crippen molar-refractivity contribution in [3.05, 3.63) is 97.4 Å². The Kier molecular flexibility index (Phi) is 6.43. The maximum atomic E-state index is 13.6. The van der Waals surface area contributed by atoms with Crippen LogP contribution in [0.15, 0.2) is 71.5 Å². The normalized spacial score (nSPS) is 15.7. The first kappa shape index (κ1) is 25.6. The largest absolute Gasteiger partial charge is 0.340 e. The van der Waals surface area contributed by atoms with E-state index in [1.807, 2.05) is 4.57 Å². The van der Waals surface area contributed by atoms with E-state index in [-0.39, 0.29) is 11.0 Å². The Morgan fingerprint density at radius 1 is 0.872 bits per heavy atom. The summed E-state index contributed by atoms with van der Waals surface area (Å²) in [5.74, 6) is 0. The summed E-state index contributed by atoms with van der Waals surface area (Å²) in [6, 6.07) is 23.9. The van der Waals surface area contributed by atoms with Gasteiger partial charge in [0.1, 0.15) is 11.2 Å². The summed E-state index contributed by atoms with van der Waals surface area (Å²) in [6.07, 6.45) is 5.40. The van der Waals surface area contributed by atoms with Gasteiger partial charge in [-0.25, -0.2) is 0 Å². The highest BCUT2D eigenvalue weighted by Gasteiger charge is 2.43. The average molecular weight is 535 g/mol. The number of hydrogen-bond donors (Lipinski definition) is 0. The van der Waals surface area contributed by atoms with Gasteiger partial charge in [0.25, 0.3) is 5.56 Å². The van der Waals surface area contributed by atoms with Crippen molar-refractivity contribution in [2.45, 2.75) is 59.5 Å². The Hall–Kier alpha value is -3.70. The molecule has 4 nitrogen and oxygen atoms in total. The van der Waals surface area contributed by atoms with Crippen LogP contribution in [0, 0.1) is 0 Å². The third kappa shape index (κ3) is 4.02. The Balaban J connectivity index is 1.52. The smallest absolute Gasteiger partial charge is 0.269 e. The second-order valence-corrected chi connectivity index (χ2v) is 11.9. The minimum absolute atomic E-state index is 0.0826. The van der Waals surface area contributed by atoms with Crippen molar-refractivity contribution in [3.63, 3.8) is 0 Å². The summed E-state index contributed by atoms with van der Waals surface area (Å²) in [7, 11) is 0. The van der Waals surface area contributed by atoms with Gasteiger partial charge in [0.2, 0.25) is 5.69 Å². The molecular weight excluding hydrogens is 498 g/mol. The summed E-state index contributed by atoms with van der Waals surface area (Å²) in [6.45, 7) is 13.6. The number of thiazole rings is 1. The highest BCUT2D eigenvalue weighted by Crippen LogP contribution is 2.39. The summed E-state index contributed by atoms with van der Waals surface area (Å²) >= 11 is 1.59. The van der Waals surface area contributed by atoms with E-state index < -0.39 is 0 Å². The van der Waals surface area contributed by atoms with Crippen molar-refractivity contribution < 1.29 is 4.58 Å². The lowest BCUT2D eigenvalue weighted by atomic mass is 9.81. The van der Waals surface area contributed by atoms with Gasteiger partial charge in [-0.3, -0.25) is 9.36 Å². The van der Waals surface area contributed by atoms with Crippen LogP contribution in [0.25, 0.3) is 34.0 Å². The Morgan fingerprint density at radius 3 is 2.38 bits per heavy atom. The predicted molar refractivity (Wildman–Crippen MR) is 166 cm³/mol. The molecular formula is C34H36N3OS+. The monoisotopic (exact) mass is 534 g/mol. The van der Waals surface area contributed by atoms with Crippen LogP contribution < -0.4 is 14.8 Å². The molecule has 0 N–H and O–H groups in total. The van der Waals surface area contributed by atoms with Crippen LogP contribution in [0.2, 0.25) is 0 Å². The fraction of sp³-hybridized carbons (Fsp3) is 0.294. The van der Waals surface area contributed by atoms with Crippen LogP contribution in [0.5, 0.6) is 0 Å². The zero-order chi connectivity index (χ0) is 27.3. The summed E-state index contributed by atoms with van der Waals surface area (Å²) in [5.41, 5.74) is 7.37. The molecule has 0 atom stereocenters. The number of nitrogens with zero attached hydrogens (tertiary/aromatic N) is 3. The number of hydrogen-bond acceptors (Lipinski definition) is 2. The Morgan fingerprint density at radius 2 is 1.62 bits per heavy atom. The lowest BCUT2D eigenvalue weighted by Crippen LogP contribution is -2.33. The van der Waals surface area contributed by atoms with Crippen molar-refractivity contribution in [2.75, 3.05) is 6.54 Å². The summed E-state index contributed by atoms with van der Waals surface area (Å²) in [5, 5.41) is 2.51. The molecule has 0 aliphatic carbocycles. The molecule has 0 spiro atoms. The third-order valence-corrected chi connectivity index (χ3v) is 9.23. The molecule has 3 aromatic carbocycles. The molecule has 1 aliphatic rings. The van der Waals surface area contributed by atoms with Crippen molar-refractivity contribution in [1.82, 2.24) is 9.13 Å². The van der Waals surface area contributed by atoms with E-state index in [4.69, 9.17) is 0 Å². The van der Waals surface area contributed by atoms with E-state index >= 15 is 0 Å². The molecule has 0 bridgehead atoms. The second kappa shape index (κ2) is 9.80. The van der Waals surface area contributed by atoms with E-state index in [2.05, 4.69) is 123 Å². The van der Waals surface area contributed by atoms with Gasteiger partial charge in [0.15, 0.2) is 5.71 Å². The van der Waals surface area contributed by atoms with Crippen LogP contribution in [0.1, 0.15) is 52.2 Å². The van der Waals surface area contributed by atoms with Gasteiger partial charge in [-0.05, 0) is 64.0 Å². The van der Waals surface area contributed by atoms with Gasteiger partial charge in [-0.15, -0.1) is 11.3 Å². The number of para-hydroxylation sites is 2. The molecule has 39 heavy (non-hydrogen) atoms. The lowest BCUT2D eigenvalue weighted by Gasteiger charge is -2.15.